The van der Waals surface area contributed by atoms with Gasteiger partial charge in [-0.3, -0.25) is 4.98 Å². The monoisotopic (exact) mass is 275 g/mol. The first-order valence-corrected chi connectivity index (χ1v) is 7.17. The number of pyridine rings is 1. The van der Waals surface area contributed by atoms with Crippen LogP contribution < -0.4 is 0 Å². The Hall–Kier alpha value is -2.33. The van der Waals surface area contributed by atoms with Crippen molar-refractivity contribution in [3.8, 4) is 11.8 Å². The highest BCUT2D eigenvalue weighted by Crippen LogP contribution is 2.21. The molecule has 2 aromatic rings. The van der Waals surface area contributed by atoms with Gasteiger partial charge in [0.25, 0.3) is 0 Å². The van der Waals surface area contributed by atoms with Crippen LogP contribution in [0.2, 0.25) is 0 Å². The molecule has 0 aliphatic carbocycles. The summed E-state index contributed by atoms with van der Waals surface area (Å²) < 4.78 is 0. The summed E-state index contributed by atoms with van der Waals surface area (Å²) in [6.07, 6.45) is 6.30. The number of allylic oxidation sites excluding steroid dienone is 1. The van der Waals surface area contributed by atoms with Crippen molar-refractivity contribution in [3.05, 3.63) is 77.6 Å². The van der Waals surface area contributed by atoms with Gasteiger partial charge in [-0.25, -0.2) is 0 Å². The highest BCUT2D eigenvalue weighted by molar-refractivity contribution is 5.46. The molecule has 2 rings (SSSR count). The molecule has 1 heterocycles. The quantitative estimate of drug-likeness (QED) is 0.580. The topological polar surface area (TPSA) is 12.9 Å². The number of rotatable bonds is 2. The fourth-order valence-electron chi connectivity index (χ4n) is 2.06. The van der Waals surface area contributed by atoms with E-state index in [-0.39, 0.29) is 5.41 Å². The van der Waals surface area contributed by atoms with Gasteiger partial charge in [0.15, 0.2) is 0 Å². The molecule has 0 aliphatic heterocycles. The van der Waals surface area contributed by atoms with Crippen molar-refractivity contribution < 1.29 is 0 Å². The van der Waals surface area contributed by atoms with E-state index in [9.17, 15) is 0 Å². The van der Waals surface area contributed by atoms with E-state index in [1.54, 1.807) is 6.20 Å². The minimum Gasteiger partial charge on any atom is -0.264 e. The Kier molecular flexibility index (Phi) is 4.60. The third-order valence-corrected chi connectivity index (χ3v) is 3.36. The minimum absolute atomic E-state index is 0.175. The lowest BCUT2D eigenvalue weighted by Crippen LogP contribution is -2.10. The fraction of sp³-hybridized carbons (Fsp3) is 0.250. The summed E-state index contributed by atoms with van der Waals surface area (Å²) in [5.74, 6) is 6.46. The molecule has 1 aromatic heterocycles. The van der Waals surface area contributed by atoms with Crippen molar-refractivity contribution >= 4 is 0 Å². The Morgan fingerprint density at radius 2 is 1.81 bits per heavy atom. The van der Waals surface area contributed by atoms with Gasteiger partial charge in [0.2, 0.25) is 0 Å². The van der Waals surface area contributed by atoms with Gasteiger partial charge in [0.1, 0.15) is 0 Å². The average molecular weight is 275 g/mol. The van der Waals surface area contributed by atoms with Crippen LogP contribution in [0.5, 0.6) is 0 Å². The van der Waals surface area contributed by atoms with E-state index in [2.05, 4.69) is 68.4 Å². The van der Waals surface area contributed by atoms with Crippen LogP contribution in [-0.2, 0) is 11.8 Å². The Bertz CT molecular complexity index is 676. The van der Waals surface area contributed by atoms with Crippen molar-refractivity contribution in [1.29, 1.82) is 0 Å². The van der Waals surface area contributed by atoms with Crippen LogP contribution in [0, 0.1) is 11.8 Å². The van der Waals surface area contributed by atoms with Gasteiger partial charge >= 0.3 is 0 Å². The van der Waals surface area contributed by atoms with Crippen LogP contribution in [0.3, 0.4) is 0 Å². The van der Waals surface area contributed by atoms with Crippen LogP contribution in [-0.4, -0.2) is 4.98 Å². The Labute approximate surface area is 127 Å². The van der Waals surface area contributed by atoms with Crippen molar-refractivity contribution in [2.75, 3.05) is 0 Å². The summed E-state index contributed by atoms with van der Waals surface area (Å²) in [7, 11) is 0. The molecule has 0 saturated carbocycles. The molecule has 0 saturated heterocycles. The predicted molar refractivity (Wildman–Crippen MR) is 89.3 cm³/mol. The summed E-state index contributed by atoms with van der Waals surface area (Å²) in [6.45, 7) is 10.4. The van der Waals surface area contributed by atoms with Gasteiger partial charge in [-0.1, -0.05) is 50.8 Å². The maximum Gasteiger partial charge on any atom is 0.0315 e. The van der Waals surface area contributed by atoms with Crippen molar-refractivity contribution in [2.24, 2.45) is 0 Å². The largest absolute Gasteiger partial charge is 0.264 e. The van der Waals surface area contributed by atoms with E-state index in [4.69, 9.17) is 0 Å². The predicted octanol–water partition coefficient (Wildman–Crippen LogP) is 4.51. The van der Waals surface area contributed by atoms with Gasteiger partial charge in [0.05, 0.1) is 0 Å². The lowest BCUT2D eigenvalue weighted by molar-refractivity contribution is 0.590. The lowest BCUT2D eigenvalue weighted by atomic mass is 9.87. The first kappa shape index (κ1) is 15.1. The molecule has 1 heteroatoms. The Morgan fingerprint density at radius 3 is 2.43 bits per heavy atom. The van der Waals surface area contributed by atoms with Crippen LogP contribution in [0.15, 0.2) is 55.4 Å². The molecule has 0 fully saturated rings. The molecule has 21 heavy (non-hydrogen) atoms. The van der Waals surface area contributed by atoms with Crippen LogP contribution >= 0.6 is 0 Å². The zero-order valence-electron chi connectivity index (χ0n) is 13.0. The lowest BCUT2D eigenvalue weighted by Gasteiger charge is -2.18. The number of hydrogen-bond donors (Lipinski definition) is 0. The van der Waals surface area contributed by atoms with Gasteiger partial charge in [-0.15, -0.1) is 6.58 Å². The molecule has 0 spiro atoms. The number of benzene rings is 1. The molecular weight excluding hydrogens is 254 g/mol. The fourth-order valence-corrected chi connectivity index (χ4v) is 2.06. The van der Waals surface area contributed by atoms with Crippen molar-refractivity contribution in [1.82, 2.24) is 4.98 Å². The molecular formula is C20H21N. The summed E-state index contributed by atoms with van der Waals surface area (Å²) in [4.78, 5) is 4.14. The molecule has 1 nitrogen and oxygen atoms in total. The summed E-state index contributed by atoms with van der Waals surface area (Å²) >= 11 is 0. The highest BCUT2D eigenvalue weighted by atomic mass is 14.6. The Morgan fingerprint density at radius 1 is 1.10 bits per heavy atom. The summed E-state index contributed by atoms with van der Waals surface area (Å²) in [5, 5.41) is 0. The SMILES string of the molecule is C=CCc1cnccc1C#Cc1ccc(C(C)(C)C)cc1. The second-order valence-electron chi connectivity index (χ2n) is 6.10. The summed E-state index contributed by atoms with van der Waals surface area (Å²) in [5.41, 5.74) is 4.67. The minimum atomic E-state index is 0.175. The third-order valence-electron chi connectivity index (χ3n) is 3.36. The normalized spacial score (nSPS) is 10.6. The first-order chi connectivity index (χ1) is 10.0. The van der Waals surface area contributed by atoms with E-state index in [1.807, 2.05) is 18.3 Å². The van der Waals surface area contributed by atoms with E-state index in [1.165, 1.54) is 5.56 Å². The molecule has 0 N–H and O–H groups in total. The van der Waals surface area contributed by atoms with Crippen LogP contribution in [0.25, 0.3) is 0 Å². The Balaban J connectivity index is 2.25. The second-order valence-corrected chi connectivity index (χ2v) is 6.10. The number of hydrogen-bond acceptors (Lipinski definition) is 1. The maximum absolute atomic E-state index is 4.14. The van der Waals surface area contributed by atoms with Crippen LogP contribution in [0.1, 0.15) is 43.0 Å². The van der Waals surface area contributed by atoms with Crippen LogP contribution in [0.4, 0.5) is 0 Å². The zero-order chi connectivity index (χ0) is 15.3. The summed E-state index contributed by atoms with van der Waals surface area (Å²) in [6, 6.07) is 10.4. The van der Waals surface area contributed by atoms with Gasteiger partial charge in [0, 0.05) is 23.5 Å². The number of aromatic nitrogens is 1. The van der Waals surface area contributed by atoms with Gasteiger partial charge in [-0.2, -0.15) is 0 Å². The second kappa shape index (κ2) is 6.41. The average Bonchev–Trinajstić information content (AvgIpc) is 2.46. The van der Waals surface area contributed by atoms with E-state index < -0.39 is 0 Å². The highest BCUT2D eigenvalue weighted by Gasteiger charge is 2.12. The number of nitrogens with zero attached hydrogens (tertiary/aromatic N) is 1. The molecule has 0 atom stereocenters. The molecule has 106 valence electrons. The third kappa shape index (κ3) is 4.07. The molecule has 0 bridgehead atoms. The van der Waals surface area contributed by atoms with Crippen molar-refractivity contribution in [3.63, 3.8) is 0 Å². The molecule has 1 aromatic carbocycles. The maximum atomic E-state index is 4.14. The molecule has 0 radical (unpaired) electrons. The smallest absolute Gasteiger partial charge is 0.0315 e. The first-order valence-electron chi connectivity index (χ1n) is 7.17. The molecule has 0 unspecified atom stereocenters. The van der Waals surface area contributed by atoms with Gasteiger partial charge < -0.3 is 0 Å². The van der Waals surface area contributed by atoms with Gasteiger partial charge in [-0.05, 0) is 41.2 Å². The van der Waals surface area contributed by atoms with E-state index in [0.29, 0.717) is 0 Å². The zero-order valence-corrected chi connectivity index (χ0v) is 13.0. The van der Waals surface area contributed by atoms with E-state index in [0.717, 1.165) is 23.1 Å². The molecule has 0 aliphatic rings. The standard InChI is InChI=1S/C20H21N/c1-5-6-18-15-21-14-13-17(18)10-7-16-8-11-19(12-9-16)20(2,3)4/h5,8-9,11-15H,1,6H2,2-4H3. The molecule has 0 amide bonds. The van der Waals surface area contributed by atoms with Crippen molar-refractivity contribution in [2.45, 2.75) is 32.6 Å². The van der Waals surface area contributed by atoms with E-state index >= 15 is 0 Å².